The molecular weight excluding hydrogens is 298 g/mol. The van der Waals surface area contributed by atoms with Crippen LogP contribution in [0.2, 0.25) is 5.15 Å². The molecule has 7 heteroatoms. The Bertz CT molecular complexity index is 651. The smallest absolute Gasteiger partial charge is 0.145 e. The molecule has 0 saturated carbocycles. The Hall–Kier alpha value is -0.790. The molecule has 1 aliphatic heterocycles. The van der Waals surface area contributed by atoms with Crippen molar-refractivity contribution in [2.24, 2.45) is 0 Å². The number of aryl methyl sites for hydroxylation is 2. The molecule has 0 radical (unpaired) electrons. The van der Waals surface area contributed by atoms with Crippen LogP contribution in [-0.2, 0) is 6.54 Å². The molecule has 2 atom stereocenters. The number of halogens is 1. The summed E-state index contributed by atoms with van der Waals surface area (Å²) in [5, 5.41) is 20.5. The molecule has 0 bridgehead atoms. The number of aromatic nitrogens is 2. The van der Waals surface area contributed by atoms with Crippen LogP contribution in [0.3, 0.4) is 0 Å². The number of thiophene rings is 1. The molecule has 2 unspecified atom stereocenters. The van der Waals surface area contributed by atoms with E-state index in [1.807, 2.05) is 18.7 Å². The molecule has 5 nitrogen and oxygen atoms in total. The maximum absolute atomic E-state index is 9.56. The van der Waals surface area contributed by atoms with Crippen molar-refractivity contribution in [3.63, 3.8) is 0 Å². The normalized spacial score (nSPS) is 23.9. The van der Waals surface area contributed by atoms with Crippen molar-refractivity contribution < 1.29 is 10.2 Å². The lowest BCUT2D eigenvalue weighted by atomic mass is 10.2. The van der Waals surface area contributed by atoms with E-state index in [1.54, 1.807) is 11.3 Å². The molecular formula is C13H16ClN3O2S. The predicted octanol–water partition coefficient (Wildman–Crippen LogP) is 1.50. The van der Waals surface area contributed by atoms with Gasteiger partial charge in [0.05, 0.1) is 24.1 Å². The minimum absolute atomic E-state index is 0.433. The third-order valence-electron chi connectivity index (χ3n) is 3.73. The highest BCUT2D eigenvalue weighted by molar-refractivity contribution is 7.18. The highest BCUT2D eigenvalue weighted by atomic mass is 35.5. The van der Waals surface area contributed by atoms with E-state index in [0.29, 0.717) is 30.6 Å². The number of nitrogens with zero attached hydrogens (tertiary/aromatic N) is 3. The molecule has 1 fully saturated rings. The Morgan fingerprint density at radius 1 is 1.25 bits per heavy atom. The van der Waals surface area contributed by atoms with Crippen LogP contribution in [0, 0.1) is 13.8 Å². The number of likely N-dealkylation sites (tertiary alicyclic amines) is 1. The Labute approximate surface area is 125 Å². The van der Waals surface area contributed by atoms with Crippen LogP contribution in [0.4, 0.5) is 0 Å². The monoisotopic (exact) mass is 313 g/mol. The largest absolute Gasteiger partial charge is 0.389 e. The van der Waals surface area contributed by atoms with Crippen molar-refractivity contribution in [2.75, 3.05) is 13.1 Å². The molecule has 3 rings (SSSR count). The summed E-state index contributed by atoms with van der Waals surface area (Å²) < 4.78 is 0. The Kier molecular flexibility index (Phi) is 3.68. The summed E-state index contributed by atoms with van der Waals surface area (Å²) in [6, 6.07) is 0. The van der Waals surface area contributed by atoms with E-state index >= 15 is 0 Å². The maximum atomic E-state index is 9.56. The molecule has 3 heterocycles. The van der Waals surface area contributed by atoms with Crippen LogP contribution in [0.15, 0.2) is 0 Å². The lowest BCUT2D eigenvalue weighted by Gasteiger charge is -2.13. The first-order valence-corrected chi connectivity index (χ1v) is 7.65. The predicted molar refractivity (Wildman–Crippen MR) is 79.2 cm³/mol. The Balaban J connectivity index is 1.90. The summed E-state index contributed by atoms with van der Waals surface area (Å²) in [5.74, 6) is 0.630. The first-order valence-electron chi connectivity index (χ1n) is 6.46. The van der Waals surface area contributed by atoms with E-state index in [0.717, 1.165) is 15.8 Å². The molecule has 2 aromatic heterocycles. The van der Waals surface area contributed by atoms with Crippen LogP contribution in [0.5, 0.6) is 0 Å². The molecule has 1 aliphatic rings. The molecule has 2 aromatic rings. The second kappa shape index (κ2) is 5.20. The van der Waals surface area contributed by atoms with E-state index < -0.39 is 12.2 Å². The number of fused-ring (bicyclic) bond motifs is 1. The van der Waals surface area contributed by atoms with Crippen molar-refractivity contribution in [1.82, 2.24) is 14.9 Å². The van der Waals surface area contributed by atoms with E-state index in [4.69, 9.17) is 11.6 Å². The van der Waals surface area contributed by atoms with Crippen LogP contribution in [0.1, 0.15) is 16.3 Å². The Morgan fingerprint density at radius 2 is 1.90 bits per heavy atom. The number of aliphatic hydroxyl groups excluding tert-OH is 2. The van der Waals surface area contributed by atoms with Gasteiger partial charge in [-0.25, -0.2) is 9.97 Å². The maximum Gasteiger partial charge on any atom is 0.145 e. The third kappa shape index (κ3) is 2.42. The van der Waals surface area contributed by atoms with E-state index in [2.05, 4.69) is 9.97 Å². The van der Waals surface area contributed by atoms with Crippen molar-refractivity contribution in [2.45, 2.75) is 32.6 Å². The minimum atomic E-state index is -0.694. The number of rotatable bonds is 2. The first kappa shape index (κ1) is 14.2. The highest BCUT2D eigenvalue weighted by Crippen LogP contribution is 2.33. The van der Waals surface area contributed by atoms with E-state index in [9.17, 15) is 10.2 Å². The van der Waals surface area contributed by atoms with Gasteiger partial charge >= 0.3 is 0 Å². The number of aliphatic hydroxyl groups is 2. The second-order valence-corrected chi connectivity index (χ2v) is 6.78. The quantitative estimate of drug-likeness (QED) is 0.822. The van der Waals surface area contributed by atoms with E-state index in [1.165, 1.54) is 4.88 Å². The molecule has 108 valence electrons. The zero-order chi connectivity index (χ0) is 14.4. The first-order chi connectivity index (χ1) is 9.45. The molecule has 0 spiro atoms. The SMILES string of the molecule is Cc1sc2nc(CN3CC(O)C(O)C3)nc(Cl)c2c1C. The van der Waals surface area contributed by atoms with Gasteiger partial charge in [0, 0.05) is 18.0 Å². The van der Waals surface area contributed by atoms with Crippen molar-refractivity contribution in [3.05, 3.63) is 21.4 Å². The van der Waals surface area contributed by atoms with Gasteiger partial charge in [-0.3, -0.25) is 4.90 Å². The van der Waals surface area contributed by atoms with Gasteiger partial charge in [-0.15, -0.1) is 11.3 Å². The van der Waals surface area contributed by atoms with Gasteiger partial charge in [0.2, 0.25) is 0 Å². The molecule has 0 aromatic carbocycles. The fourth-order valence-electron chi connectivity index (χ4n) is 2.49. The van der Waals surface area contributed by atoms with Crippen LogP contribution >= 0.6 is 22.9 Å². The van der Waals surface area contributed by atoms with E-state index in [-0.39, 0.29) is 0 Å². The average molecular weight is 314 g/mol. The lowest BCUT2D eigenvalue weighted by molar-refractivity contribution is 0.0572. The van der Waals surface area contributed by atoms with Crippen LogP contribution in [-0.4, -0.2) is 50.4 Å². The fraction of sp³-hybridized carbons (Fsp3) is 0.538. The summed E-state index contributed by atoms with van der Waals surface area (Å²) in [7, 11) is 0. The highest BCUT2D eigenvalue weighted by Gasteiger charge is 2.30. The number of β-amino-alcohol motifs (C(OH)–C–C–N with tert-alkyl or cyclic N) is 2. The van der Waals surface area contributed by atoms with Gasteiger partial charge < -0.3 is 10.2 Å². The Morgan fingerprint density at radius 3 is 2.55 bits per heavy atom. The van der Waals surface area contributed by atoms with Crippen molar-refractivity contribution >= 4 is 33.2 Å². The molecule has 2 N–H and O–H groups in total. The van der Waals surface area contributed by atoms with Gasteiger partial charge in [0.25, 0.3) is 0 Å². The topological polar surface area (TPSA) is 69.5 Å². The summed E-state index contributed by atoms with van der Waals surface area (Å²) in [6.07, 6.45) is -1.39. The molecule has 20 heavy (non-hydrogen) atoms. The summed E-state index contributed by atoms with van der Waals surface area (Å²) in [5.41, 5.74) is 1.13. The third-order valence-corrected chi connectivity index (χ3v) is 5.11. The minimum Gasteiger partial charge on any atom is -0.389 e. The average Bonchev–Trinajstić information content (AvgIpc) is 2.81. The number of hydrogen-bond acceptors (Lipinski definition) is 6. The summed E-state index contributed by atoms with van der Waals surface area (Å²) in [4.78, 5) is 12.9. The lowest BCUT2D eigenvalue weighted by Crippen LogP contribution is -2.22. The molecule has 0 aliphatic carbocycles. The molecule has 1 saturated heterocycles. The van der Waals surface area contributed by atoms with Crippen LogP contribution in [0.25, 0.3) is 10.2 Å². The van der Waals surface area contributed by atoms with Gasteiger partial charge in [0.15, 0.2) is 0 Å². The zero-order valence-electron chi connectivity index (χ0n) is 11.3. The number of hydrogen-bond donors (Lipinski definition) is 2. The van der Waals surface area contributed by atoms with Gasteiger partial charge in [-0.05, 0) is 19.4 Å². The zero-order valence-corrected chi connectivity index (χ0v) is 12.9. The second-order valence-electron chi connectivity index (χ2n) is 5.22. The van der Waals surface area contributed by atoms with Gasteiger partial charge in [0.1, 0.15) is 15.8 Å². The summed E-state index contributed by atoms with van der Waals surface area (Å²) in [6.45, 7) is 5.42. The standard InChI is InChI=1S/C13H16ClN3O2S/c1-6-7(2)20-13-11(6)12(14)15-10(16-13)5-17-3-8(18)9(19)4-17/h8-9,18-19H,3-5H2,1-2H3. The summed E-state index contributed by atoms with van der Waals surface area (Å²) >= 11 is 7.88. The van der Waals surface area contributed by atoms with Gasteiger partial charge in [-0.2, -0.15) is 0 Å². The van der Waals surface area contributed by atoms with Crippen molar-refractivity contribution in [1.29, 1.82) is 0 Å². The van der Waals surface area contributed by atoms with Gasteiger partial charge in [-0.1, -0.05) is 11.6 Å². The van der Waals surface area contributed by atoms with Crippen molar-refractivity contribution in [3.8, 4) is 0 Å². The fourth-order valence-corrected chi connectivity index (χ4v) is 3.92. The van der Waals surface area contributed by atoms with Crippen LogP contribution < -0.4 is 0 Å². The molecule has 0 amide bonds.